The molecule has 4 rings (SSSR count). The highest BCUT2D eigenvalue weighted by molar-refractivity contribution is 7.99. The fourth-order valence-corrected chi connectivity index (χ4v) is 4.01. The van der Waals surface area contributed by atoms with Crippen molar-refractivity contribution >= 4 is 17.5 Å². The zero-order valence-corrected chi connectivity index (χ0v) is 16.8. The van der Waals surface area contributed by atoms with Crippen LogP contribution < -0.4 is 9.47 Å². The van der Waals surface area contributed by atoms with E-state index in [1.54, 1.807) is 11.7 Å². The van der Waals surface area contributed by atoms with Gasteiger partial charge in [0.05, 0.1) is 12.3 Å². The third-order valence-corrected chi connectivity index (χ3v) is 5.75. The van der Waals surface area contributed by atoms with Crippen LogP contribution in [0.4, 0.5) is 0 Å². The molecule has 2 aromatic heterocycles. The molecule has 3 aromatic rings. The highest BCUT2D eigenvalue weighted by atomic mass is 32.2. The molecule has 0 fully saturated rings. The van der Waals surface area contributed by atoms with Crippen LogP contribution in [0.15, 0.2) is 35.5 Å². The summed E-state index contributed by atoms with van der Waals surface area (Å²) in [6, 6.07) is 9.60. The molecule has 8 nitrogen and oxygen atoms in total. The molecule has 146 valence electrons. The van der Waals surface area contributed by atoms with Crippen LogP contribution in [0.5, 0.6) is 11.5 Å². The van der Waals surface area contributed by atoms with Gasteiger partial charge in [-0.1, -0.05) is 23.9 Å². The van der Waals surface area contributed by atoms with E-state index in [9.17, 15) is 4.79 Å². The van der Waals surface area contributed by atoms with E-state index < -0.39 is 0 Å². The summed E-state index contributed by atoms with van der Waals surface area (Å²) in [5.41, 5.74) is 2.67. The predicted octanol–water partition coefficient (Wildman–Crippen LogP) is 2.44. The number of rotatable bonds is 6. The first-order valence-electron chi connectivity index (χ1n) is 8.96. The van der Waals surface area contributed by atoms with Crippen LogP contribution in [0.1, 0.15) is 21.7 Å². The fourth-order valence-electron chi connectivity index (χ4n) is 3.27. The number of nitrogens with zero attached hydrogens (tertiary/aromatic N) is 5. The highest BCUT2D eigenvalue weighted by Crippen LogP contribution is 2.31. The standard InChI is InChI=1S/C19H21N5O3S/c1-12-8-15(16(25)11-28-19-20-21-22-23(19)3)13(2)24(12)9-14-10-26-17-6-4-5-7-18(17)27-14/h4-8,14H,9-11H2,1-3H3/t14-/m1/s1. The van der Waals surface area contributed by atoms with Crippen molar-refractivity contribution in [1.29, 1.82) is 0 Å². The number of ketones is 1. The van der Waals surface area contributed by atoms with E-state index in [4.69, 9.17) is 9.47 Å². The summed E-state index contributed by atoms with van der Waals surface area (Å²) < 4.78 is 15.5. The summed E-state index contributed by atoms with van der Waals surface area (Å²) in [5, 5.41) is 11.9. The van der Waals surface area contributed by atoms with Crippen molar-refractivity contribution in [3.05, 3.63) is 47.3 Å². The number of carbonyl (C=O) groups is 1. The Morgan fingerprint density at radius 3 is 2.82 bits per heavy atom. The Morgan fingerprint density at radius 2 is 2.07 bits per heavy atom. The van der Waals surface area contributed by atoms with Gasteiger partial charge in [-0.25, -0.2) is 4.68 Å². The highest BCUT2D eigenvalue weighted by Gasteiger charge is 2.24. The second kappa shape index (κ2) is 7.67. The monoisotopic (exact) mass is 399 g/mol. The van der Waals surface area contributed by atoms with E-state index >= 15 is 0 Å². The molecule has 3 heterocycles. The lowest BCUT2D eigenvalue weighted by molar-refractivity contribution is 0.0777. The third kappa shape index (κ3) is 3.62. The van der Waals surface area contributed by atoms with Gasteiger partial charge < -0.3 is 14.0 Å². The number of carbonyl (C=O) groups excluding carboxylic acids is 1. The zero-order valence-electron chi connectivity index (χ0n) is 16.0. The predicted molar refractivity (Wildman–Crippen MR) is 104 cm³/mol. The molecule has 0 saturated carbocycles. The normalized spacial score (nSPS) is 15.6. The summed E-state index contributed by atoms with van der Waals surface area (Å²) in [4.78, 5) is 12.7. The molecule has 1 aromatic carbocycles. The largest absolute Gasteiger partial charge is 0.486 e. The maximum absolute atomic E-state index is 12.7. The summed E-state index contributed by atoms with van der Waals surface area (Å²) >= 11 is 1.33. The molecule has 28 heavy (non-hydrogen) atoms. The number of ether oxygens (including phenoxy) is 2. The van der Waals surface area contributed by atoms with Crippen molar-refractivity contribution in [2.45, 2.75) is 31.7 Å². The second-order valence-electron chi connectivity index (χ2n) is 6.69. The minimum Gasteiger partial charge on any atom is -0.486 e. The van der Waals surface area contributed by atoms with E-state index in [1.165, 1.54) is 11.8 Å². The molecule has 0 N–H and O–H groups in total. The Labute approximate surface area is 166 Å². The van der Waals surface area contributed by atoms with Gasteiger partial charge in [0.1, 0.15) is 6.61 Å². The van der Waals surface area contributed by atoms with Gasteiger partial charge in [0.2, 0.25) is 5.16 Å². The second-order valence-corrected chi connectivity index (χ2v) is 7.63. The number of tetrazole rings is 1. The van der Waals surface area contributed by atoms with Gasteiger partial charge >= 0.3 is 0 Å². The molecule has 1 atom stereocenters. The Hall–Kier alpha value is -2.81. The van der Waals surface area contributed by atoms with Gasteiger partial charge in [-0.3, -0.25) is 4.79 Å². The maximum Gasteiger partial charge on any atom is 0.209 e. The Kier molecular flexibility index (Phi) is 5.08. The smallest absolute Gasteiger partial charge is 0.209 e. The molecular formula is C19H21N5O3S. The van der Waals surface area contributed by atoms with Crippen LogP contribution in [-0.4, -0.2) is 49.0 Å². The van der Waals surface area contributed by atoms with Gasteiger partial charge in [0.25, 0.3) is 0 Å². The number of thioether (sulfide) groups is 1. The average Bonchev–Trinajstić information content (AvgIpc) is 3.23. The summed E-state index contributed by atoms with van der Waals surface area (Å²) in [7, 11) is 1.75. The maximum atomic E-state index is 12.7. The van der Waals surface area contributed by atoms with E-state index in [1.807, 2.05) is 44.2 Å². The quantitative estimate of drug-likeness (QED) is 0.465. The number of hydrogen-bond acceptors (Lipinski definition) is 7. The van der Waals surface area contributed by atoms with E-state index in [0.717, 1.165) is 28.5 Å². The Balaban J connectivity index is 1.45. The van der Waals surface area contributed by atoms with Gasteiger partial charge in [-0.15, -0.1) is 5.10 Å². The summed E-state index contributed by atoms with van der Waals surface area (Å²) in [6.45, 7) is 5.07. The molecule has 0 bridgehead atoms. The number of hydrogen-bond donors (Lipinski definition) is 0. The Morgan fingerprint density at radius 1 is 1.29 bits per heavy atom. The van der Waals surface area contributed by atoms with Crippen LogP contribution in [0.2, 0.25) is 0 Å². The lowest BCUT2D eigenvalue weighted by atomic mass is 10.2. The number of para-hydroxylation sites is 2. The molecule has 0 aliphatic carbocycles. The minimum atomic E-state index is -0.109. The molecule has 9 heteroatoms. The van der Waals surface area contributed by atoms with Crippen molar-refractivity contribution in [3.8, 4) is 11.5 Å². The molecule has 0 amide bonds. The lowest BCUT2D eigenvalue weighted by Crippen LogP contribution is -2.33. The average molecular weight is 399 g/mol. The number of aromatic nitrogens is 5. The van der Waals surface area contributed by atoms with Crippen LogP contribution >= 0.6 is 11.8 Å². The molecule has 1 aliphatic heterocycles. The molecular weight excluding hydrogens is 378 g/mol. The molecule has 0 saturated heterocycles. The van der Waals surface area contributed by atoms with Crippen molar-refractivity contribution in [2.24, 2.45) is 7.05 Å². The van der Waals surface area contributed by atoms with Crippen LogP contribution in [0.25, 0.3) is 0 Å². The van der Waals surface area contributed by atoms with Crippen LogP contribution in [0.3, 0.4) is 0 Å². The zero-order chi connectivity index (χ0) is 19.7. The van der Waals surface area contributed by atoms with Crippen molar-refractivity contribution in [2.75, 3.05) is 12.4 Å². The first-order chi connectivity index (χ1) is 13.5. The molecule has 0 spiro atoms. The van der Waals surface area contributed by atoms with Crippen LogP contribution in [-0.2, 0) is 13.6 Å². The van der Waals surface area contributed by atoms with E-state index in [-0.39, 0.29) is 17.6 Å². The number of benzene rings is 1. The van der Waals surface area contributed by atoms with Crippen LogP contribution in [0, 0.1) is 13.8 Å². The fraction of sp³-hybridized carbons (Fsp3) is 0.368. The van der Waals surface area contributed by atoms with Gasteiger partial charge in [-0.05, 0) is 42.5 Å². The lowest BCUT2D eigenvalue weighted by Gasteiger charge is -2.27. The van der Waals surface area contributed by atoms with Gasteiger partial charge in [-0.2, -0.15) is 0 Å². The molecule has 0 radical (unpaired) electrons. The van der Waals surface area contributed by atoms with E-state index in [2.05, 4.69) is 20.1 Å². The molecule has 1 aliphatic rings. The number of fused-ring (bicyclic) bond motifs is 1. The Bertz CT molecular complexity index is 1010. The number of aryl methyl sites for hydroxylation is 2. The van der Waals surface area contributed by atoms with Crippen molar-refractivity contribution in [3.63, 3.8) is 0 Å². The topological polar surface area (TPSA) is 84.1 Å². The van der Waals surface area contributed by atoms with Gasteiger partial charge in [0.15, 0.2) is 23.4 Å². The first-order valence-corrected chi connectivity index (χ1v) is 9.95. The summed E-state index contributed by atoms with van der Waals surface area (Å²) in [5.74, 6) is 1.87. The number of Topliss-reactive ketones (excluding diaryl/α,β-unsaturated/α-hetero) is 1. The molecule has 0 unspecified atom stereocenters. The van der Waals surface area contributed by atoms with Crippen molar-refractivity contribution < 1.29 is 14.3 Å². The first kappa shape index (κ1) is 18.5. The van der Waals surface area contributed by atoms with Gasteiger partial charge in [0, 0.05) is 24.0 Å². The van der Waals surface area contributed by atoms with Crippen molar-refractivity contribution in [1.82, 2.24) is 24.8 Å². The third-order valence-electron chi connectivity index (χ3n) is 4.74. The van der Waals surface area contributed by atoms with E-state index in [0.29, 0.717) is 18.3 Å². The minimum absolute atomic E-state index is 0.0542. The SMILES string of the molecule is Cc1cc(C(=O)CSc2nnnn2C)c(C)n1C[C@@H]1COc2ccccc2O1. The summed E-state index contributed by atoms with van der Waals surface area (Å²) in [6.07, 6.45) is -0.109.